The number of nitrogens with zero attached hydrogens (tertiary/aromatic N) is 3. The summed E-state index contributed by atoms with van der Waals surface area (Å²) < 4.78 is 23.4. The maximum atomic E-state index is 13.2. The minimum Gasteiger partial charge on any atom is -0.463 e. The molecule has 1 saturated heterocycles. The van der Waals surface area contributed by atoms with E-state index in [-0.39, 0.29) is 13.2 Å². The first-order chi connectivity index (χ1) is 15.7. The molecule has 0 N–H and O–H groups in total. The summed E-state index contributed by atoms with van der Waals surface area (Å²) in [5.74, 6) is -2.01. The van der Waals surface area contributed by atoms with Gasteiger partial charge in [-0.15, -0.1) is 0 Å². The summed E-state index contributed by atoms with van der Waals surface area (Å²) in [4.78, 5) is 64.4. The number of ether oxygens (including phenoxy) is 4. The highest BCUT2D eigenvalue weighted by Gasteiger charge is 2.51. The number of carbonyl (C=O) groups is 3. The van der Waals surface area contributed by atoms with Crippen molar-refractivity contribution in [1.29, 1.82) is 0 Å². The summed E-state index contributed by atoms with van der Waals surface area (Å²) in [6, 6.07) is 6.22. The molecule has 1 aliphatic heterocycles. The first kappa shape index (κ1) is 23.9. The molecule has 33 heavy (non-hydrogen) atoms. The molecule has 0 radical (unpaired) electrons. The Kier molecular flexibility index (Phi) is 7.38. The van der Waals surface area contributed by atoms with Crippen molar-refractivity contribution in [3.05, 3.63) is 63.2 Å². The highest BCUT2D eigenvalue weighted by Crippen LogP contribution is 2.33. The number of hydrogen-bond acceptors (Lipinski definition) is 10. The normalized spacial score (nSPS) is 21.9. The van der Waals surface area contributed by atoms with Crippen LogP contribution < -0.4 is 11.2 Å². The predicted octanol–water partition coefficient (Wildman–Crippen LogP) is -0.223. The molecule has 12 nitrogen and oxygen atoms in total. The summed E-state index contributed by atoms with van der Waals surface area (Å²) in [6.45, 7) is 3.07. The van der Waals surface area contributed by atoms with Crippen molar-refractivity contribution in [2.24, 2.45) is 0 Å². The van der Waals surface area contributed by atoms with Gasteiger partial charge in [-0.25, -0.2) is 4.79 Å². The molecule has 1 fully saturated rings. The Bertz CT molecular complexity index is 1140. The van der Waals surface area contributed by atoms with Crippen LogP contribution in [0.1, 0.15) is 32.7 Å². The Labute approximate surface area is 187 Å². The van der Waals surface area contributed by atoms with Crippen LogP contribution in [0.5, 0.6) is 0 Å². The summed E-state index contributed by atoms with van der Waals surface area (Å²) in [7, 11) is 0. The molecular formula is C21H23N3O9. The lowest BCUT2D eigenvalue weighted by molar-refractivity contribution is -0.166. The molecule has 3 heterocycles. The van der Waals surface area contributed by atoms with E-state index in [4.69, 9.17) is 18.9 Å². The van der Waals surface area contributed by atoms with E-state index in [1.807, 2.05) is 0 Å². The van der Waals surface area contributed by atoms with E-state index in [0.29, 0.717) is 5.69 Å². The van der Waals surface area contributed by atoms with Crippen molar-refractivity contribution in [1.82, 2.24) is 14.1 Å². The fourth-order valence-electron chi connectivity index (χ4n) is 3.44. The van der Waals surface area contributed by atoms with Gasteiger partial charge in [0.25, 0.3) is 5.56 Å². The van der Waals surface area contributed by atoms with Gasteiger partial charge < -0.3 is 18.9 Å². The number of carbonyl (C=O) groups excluding carboxylic acids is 3. The third-order valence-corrected chi connectivity index (χ3v) is 4.76. The van der Waals surface area contributed by atoms with E-state index in [2.05, 4.69) is 4.98 Å². The summed E-state index contributed by atoms with van der Waals surface area (Å²) in [5, 5.41) is 0. The molecule has 2 aromatic rings. The van der Waals surface area contributed by atoms with Crippen LogP contribution in [0.15, 0.2) is 46.2 Å². The van der Waals surface area contributed by atoms with Gasteiger partial charge in [0.15, 0.2) is 18.4 Å². The van der Waals surface area contributed by atoms with Gasteiger partial charge in [-0.05, 0) is 12.1 Å². The van der Waals surface area contributed by atoms with E-state index >= 15 is 0 Å². The van der Waals surface area contributed by atoms with E-state index in [9.17, 15) is 24.0 Å². The van der Waals surface area contributed by atoms with E-state index in [1.165, 1.54) is 19.3 Å². The van der Waals surface area contributed by atoms with E-state index in [0.717, 1.165) is 29.0 Å². The van der Waals surface area contributed by atoms with Gasteiger partial charge in [-0.2, -0.15) is 0 Å². The molecular weight excluding hydrogens is 438 g/mol. The number of pyridine rings is 1. The predicted molar refractivity (Wildman–Crippen MR) is 110 cm³/mol. The Hall–Kier alpha value is -3.80. The number of esters is 3. The Balaban J connectivity index is 2.02. The first-order valence-corrected chi connectivity index (χ1v) is 10.0. The second-order valence-electron chi connectivity index (χ2n) is 7.27. The SMILES string of the molecule is CC(=O)OC[C@H]1O[C@@H](n2ccc(=O)n(Cc3ccccn3)c2=O)[C@@H](OC(C)=O)C1OC(C)=O. The van der Waals surface area contributed by atoms with Gasteiger partial charge in [0, 0.05) is 39.2 Å². The molecule has 0 aliphatic carbocycles. The zero-order valence-electron chi connectivity index (χ0n) is 18.2. The zero-order chi connectivity index (χ0) is 24.1. The Morgan fingerprint density at radius 2 is 1.70 bits per heavy atom. The lowest BCUT2D eigenvalue weighted by Gasteiger charge is -2.24. The van der Waals surface area contributed by atoms with Crippen LogP contribution >= 0.6 is 0 Å². The average Bonchev–Trinajstić information content (AvgIpc) is 3.06. The summed E-state index contributed by atoms with van der Waals surface area (Å²) in [6.07, 6.45) is -1.98. The fourth-order valence-corrected chi connectivity index (χ4v) is 3.44. The highest BCUT2D eigenvalue weighted by molar-refractivity contribution is 5.68. The lowest BCUT2D eigenvalue weighted by Crippen LogP contribution is -2.45. The van der Waals surface area contributed by atoms with Gasteiger partial charge in [-0.1, -0.05) is 6.07 Å². The molecule has 12 heteroatoms. The molecule has 0 aromatic carbocycles. The van der Waals surface area contributed by atoms with Gasteiger partial charge in [0.2, 0.25) is 0 Å². The van der Waals surface area contributed by atoms with Gasteiger partial charge in [0.05, 0.1) is 12.2 Å². The highest BCUT2D eigenvalue weighted by atomic mass is 16.7. The third-order valence-electron chi connectivity index (χ3n) is 4.76. The maximum Gasteiger partial charge on any atom is 0.333 e. The Morgan fingerprint density at radius 3 is 2.30 bits per heavy atom. The molecule has 0 saturated carbocycles. The van der Waals surface area contributed by atoms with Crippen molar-refractivity contribution < 1.29 is 33.3 Å². The molecule has 0 amide bonds. The first-order valence-electron chi connectivity index (χ1n) is 10.0. The van der Waals surface area contributed by atoms with Crippen LogP contribution in [0, 0.1) is 0 Å². The van der Waals surface area contributed by atoms with Crippen molar-refractivity contribution in [2.45, 2.75) is 51.9 Å². The summed E-state index contributed by atoms with van der Waals surface area (Å²) >= 11 is 0. The molecule has 3 rings (SSSR count). The molecule has 0 spiro atoms. The number of hydrogen-bond donors (Lipinski definition) is 0. The standard InChI is InChI=1S/C21H23N3O9/c1-12(25)30-11-16-18(31-13(2)26)19(32-14(3)27)20(33-16)23-9-7-17(28)24(21(23)29)10-15-6-4-5-8-22-15/h4-9,16,18-20H,10-11H2,1-3H3/t16-,18?,19+,20-/m1/s1. The van der Waals surface area contributed by atoms with E-state index in [1.54, 1.807) is 18.2 Å². The second-order valence-corrected chi connectivity index (χ2v) is 7.27. The maximum absolute atomic E-state index is 13.2. The van der Waals surface area contributed by atoms with Crippen LogP contribution in [0.3, 0.4) is 0 Å². The number of aromatic nitrogens is 3. The van der Waals surface area contributed by atoms with Gasteiger partial charge in [0.1, 0.15) is 12.7 Å². The van der Waals surface area contributed by atoms with Crippen molar-refractivity contribution in [3.63, 3.8) is 0 Å². The minimum atomic E-state index is -1.26. The Morgan fingerprint density at radius 1 is 1.00 bits per heavy atom. The van der Waals surface area contributed by atoms with E-state index < -0.39 is 53.7 Å². The van der Waals surface area contributed by atoms with Gasteiger partial charge >= 0.3 is 23.6 Å². The smallest absolute Gasteiger partial charge is 0.333 e. The van der Waals surface area contributed by atoms with Crippen LogP contribution in [-0.2, 0) is 39.9 Å². The monoisotopic (exact) mass is 461 g/mol. The molecule has 176 valence electrons. The third kappa shape index (κ3) is 5.71. The minimum absolute atomic E-state index is 0.103. The molecule has 0 bridgehead atoms. The second kappa shape index (κ2) is 10.2. The van der Waals surface area contributed by atoms with Crippen LogP contribution in [-0.4, -0.2) is 56.9 Å². The summed E-state index contributed by atoms with van der Waals surface area (Å²) in [5.41, 5.74) is -0.856. The van der Waals surface area contributed by atoms with Crippen LogP contribution in [0.4, 0.5) is 0 Å². The zero-order valence-corrected chi connectivity index (χ0v) is 18.2. The van der Waals surface area contributed by atoms with Gasteiger partial charge in [-0.3, -0.25) is 33.3 Å². The average molecular weight is 461 g/mol. The molecule has 2 aromatic heterocycles. The topological polar surface area (TPSA) is 145 Å². The largest absolute Gasteiger partial charge is 0.463 e. The van der Waals surface area contributed by atoms with Crippen molar-refractivity contribution in [2.75, 3.05) is 6.61 Å². The molecule has 1 aliphatic rings. The lowest BCUT2D eigenvalue weighted by atomic mass is 10.1. The number of rotatable bonds is 7. The van der Waals surface area contributed by atoms with Crippen molar-refractivity contribution >= 4 is 17.9 Å². The van der Waals surface area contributed by atoms with Crippen molar-refractivity contribution in [3.8, 4) is 0 Å². The fraction of sp³-hybridized carbons (Fsp3) is 0.429. The van der Waals surface area contributed by atoms with Crippen LogP contribution in [0.2, 0.25) is 0 Å². The van der Waals surface area contributed by atoms with Crippen LogP contribution in [0.25, 0.3) is 0 Å². The quantitative estimate of drug-likeness (QED) is 0.401. The molecule has 1 unspecified atom stereocenters. The molecule has 4 atom stereocenters.